The van der Waals surface area contributed by atoms with Crippen LogP contribution < -0.4 is 10.6 Å². The van der Waals surface area contributed by atoms with Crippen LogP contribution in [0.25, 0.3) is 33.6 Å². The first-order valence-electron chi connectivity index (χ1n) is 13.6. The summed E-state index contributed by atoms with van der Waals surface area (Å²) in [5, 5.41) is 14.8. The number of nitrogens with one attached hydrogen (secondary N) is 2. The predicted molar refractivity (Wildman–Crippen MR) is 153 cm³/mol. The zero-order valence-corrected chi connectivity index (χ0v) is 23.7. The number of rotatable bonds is 9. The molecule has 1 aliphatic carbocycles. The van der Waals surface area contributed by atoms with Gasteiger partial charge in [-0.05, 0) is 56.4 Å². The van der Waals surface area contributed by atoms with Gasteiger partial charge in [-0.3, -0.25) is 9.59 Å². The Hall–Kier alpha value is -4.72. The summed E-state index contributed by atoms with van der Waals surface area (Å²) < 4.78 is 60.7. The van der Waals surface area contributed by atoms with Crippen molar-refractivity contribution >= 4 is 28.6 Å². The lowest BCUT2D eigenvalue weighted by Crippen LogP contribution is -2.22. The number of nitrogens with zero attached hydrogens (tertiary/aromatic N) is 2. The number of anilines is 1. The van der Waals surface area contributed by atoms with Crippen molar-refractivity contribution in [2.75, 3.05) is 18.9 Å². The lowest BCUT2D eigenvalue weighted by atomic mass is 9.80. The molecule has 2 aromatic carbocycles. The second kappa shape index (κ2) is 11.2. The monoisotopic (exact) mass is 592 g/mol. The molecule has 0 radical (unpaired) electrons. The normalized spacial score (nSPS) is 14.7. The Morgan fingerprint density at radius 3 is 2.37 bits per heavy atom. The zero-order valence-electron chi connectivity index (χ0n) is 23.7. The molecule has 11 heteroatoms. The van der Waals surface area contributed by atoms with Crippen molar-refractivity contribution in [3.8, 4) is 28.5 Å². The van der Waals surface area contributed by atoms with Crippen LogP contribution in [-0.4, -0.2) is 36.4 Å². The summed E-state index contributed by atoms with van der Waals surface area (Å²) in [5.74, 6) is -1.94. The van der Waals surface area contributed by atoms with Gasteiger partial charge in [0, 0.05) is 24.6 Å². The van der Waals surface area contributed by atoms with Crippen molar-refractivity contribution in [1.29, 1.82) is 5.26 Å². The Morgan fingerprint density at radius 1 is 1.09 bits per heavy atom. The summed E-state index contributed by atoms with van der Waals surface area (Å²) in [6.07, 6.45) is -3.18. The molecule has 0 spiro atoms. The van der Waals surface area contributed by atoms with Crippen LogP contribution in [0, 0.1) is 35.4 Å². The fourth-order valence-electron chi connectivity index (χ4n) is 5.15. The number of hydrogen-bond donors (Lipinski definition) is 2. The minimum absolute atomic E-state index is 0.0458. The average Bonchev–Trinajstić information content (AvgIpc) is 3.77. The van der Waals surface area contributed by atoms with E-state index >= 15 is 0 Å². The SMILES string of the molecule is CNC(=O)c1c(-c2ccc(C)cc2)oc2nc(NCC(F)(F)F)c(-c3ccc(F)c(C(=O)CC(C)(C#N)C4CC4)c3)cc12. The molecule has 43 heavy (non-hydrogen) atoms. The van der Waals surface area contributed by atoms with Gasteiger partial charge in [-0.2, -0.15) is 23.4 Å². The molecule has 222 valence electrons. The average molecular weight is 593 g/mol. The zero-order chi connectivity index (χ0) is 31.1. The van der Waals surface area contributed by atoms with E-state index in [2.05, 4.69) is 21.7 Å². The van der Waals surface area contributed by atoms with E-state index in [0.717, 1.165) is 24.5 Å². The number of furan rings is 1. The molecule has 1 aliphatic rings. The van der Waals surface area contributed by atoms with Crippen LogP contribution in [0.4, 0.5) is 23.4 Å². The van der Waals surface area contributed by atoms with Gasteiger partial charge in [-0.1, -0.05) is 35.9 Å². The summed E-state index contributed by atoms with van der Waals surface area (Å²) in [5.41, 5.74) is 0.590. The number of benzene rings is 2. The van der Waals surface area contributed by atoms with Crippen LogP contribution in [0.3, 0.4) is 0 Å². The molecule has 2 heterocycles. The maximum absolute atomic E-state index is 15.0. The van der Waals surface area contributed by atoms with Gasteiger partial charge in [0.25, 0.3) is 5.91 Å². The number of Topliss-reactive ketones (excluding diaryl/α,β-unsaturated/α-hetero) is 1. The lowest BCUT2D eigenvalue weighted by Gasteiger charge is -2.20. The van der Waals surface area contributed by atoms with Crippen LogP contribution in [-0.2, 0) is 0 Å². The molecule has 1 fully saturated rings. The third-order valence-corrected chi connectivity index (χ3v) is 7.75. The largest absolute Gasteiger partial charge is 0.437 e. The number of alkyl halides is 3. The molecule has 1 amide bonds. The Balaban J connectivity index is 1.67. The number of hydrogen-bond acceptors (Lipinski definition) is 6. The number of pyridine rings is 1. The maximum Gasteiger partial charge on any atom is 0.405 e. The minimum Gasteiger partial charge on any atom is -0.437 e. The van der Waals surface area contributed by atoms with Gasteiger partial charge in [0.2, 0.25) is 5.71 Å². The fraction of sp³-hybridized carbons (Fsp3) is 0.312. The number of fused-ring (bicyclic) bond motifs is 1. The molecule has 1 saturated carbocycles. The van der Waals surface area contributed by atoms with Crippen molar-refractivity contribution in [1.82, 2.24) is 10.3 Å². The van der Waals surface area contributed by atoms with Crippen LogP contribution in [0.15, 0.2) is 52.9 Å². The highest BCUT2D eigenvalue weighted by atomic mass is 19.4. The predicted octanol–water partition coefficient (Wildman–Crippen LogP) is 7.46. The minimum atomic E-state index is -4.59. The maximum atomic E-state index is 15.0. The van der Waals surface area contributed by atoms with Gasteiger partial charge in [-0.15, -0.1) is 0 Å². The van der Waals surface area contributed by atoms with Gasteiger partial charge < -0.3 is 15.1 Å². The summed E-state index contributed by atoms with van der Waals surface area (Å²) >= 11 is 0. The molecule has 0 aliphatic heterocycles. The Labute approximate surface area is 244 Å². The summed E-state index contributed by atoms with van der Waals surface area (Å²) in [4.78, 5) is 30.6. The van der Waals surface area contributed by atoms with Crippen LogP contribution in [0.1, 0.15) is 52.5 Å². The topological polar surface area (TPSA) is 108 Å². The molecular weight excluding hydrogens is 564 g/mol. The molecule has 7 nitrogen and oxygen atoms in total. The number of halogens is 4. The van der Waals surface area contributed by atoms with Crippen molar-refractivity contribution in [3.63, 3.8) is 0 Å². The molecule has 2 aromatic heterocycles. The van der Waals surface area contributed by atoms with E-state index in [4.69, 9.17) is 4.42 Å². The second-order valence-corrected chi connectivity index (χ2v) is 11.1. The van der Waals surface area contributed by atoms with E-state index in [9.17, 15) is 32.4 Å². The van der Waals surface area contributed by atoms with E-state index in [1.807, 2.05) is 19.1 Å². The van der Waals surface area contributed by atoms with E-state index in [-0.39, 0.29) is 57.3 Å². The van der Waals surface area contributed by atoms with Gasteiger partial charge in [-0.25, -0.2) is 4.39 Å². The molecule has 2 N–H and O–H groups in total. The number of carbonyl (C=O) groups excluding carboxylic acids is 2. The molecule has 1 atom stereocenters. The van der Waals surface area contributed by atoms with Crippen LogP contribution in [0.2, 0.25) is 0 Å². The first-order chi connectivity index (χ1) is 20.3. The van der Waals surface area contributed by atoms with E-state index < -0.39 is 35.6 Å². The number of nitriles is 1. The van der Waals surface area contributed by atoms with Gasteiger partial charge in [0.05, 0.1) is 28.0 Å². The molecule has 4 aromatic rings. The van der Waals surface area contributed by atoms with Crippen molar-refractivity contribution in [2.24, 2.45) is 11.3 Å². The Bertz CT molecular complexity index is 1770. The number of amides is 1. The molecule has 0 saturated heterocycles. The van der Waals surface area contributed by atoms with Gasteiger partial charge in [0.1, 0.15) is 23.9 Å². The smallest absolute Gasteiger partial charge is 0.405 e. The lowest BCUT2D eigenvalue weighted by molar-refractivity contribution is -0.115. The second-order valence-electron chi connectivity index (χ2n) is 11.1. The molecule has 1 unspecified atom stereocenters. The van der Waals surface area contributed by atoms with Gasteiger partial charge in [0.15, 0.2) is 5.78 Å². The van der Waals surface area contributed by atoms with Crippen molar-refractivity contribution < 1.29 is 31.6 Å². The quantitative estimate of drug-likeness (QED) is 0.154. The highest BCUT2D eigenvalue weighted by molar-refractivity contribution is 6.11. The summed E-state index contributed by atoms with van der Waals surface area (Å²) in [6, 6.07) is 14.4. The molecule has 5 rings (SSSR count). The standard InChI is InChI=1S/C32H28F4N4O3/c1-17-4-6-18(7-5-17)27-26(29(42)38-3)23-13-21(28(40-30(23)43-27)39-16-32(34,35)36)19-8-11-24(33)22(12-19)25(41)14-31(2,15-37)20-9-10-20/h4-8,11-13,20H,9-10,14,16H2,1-3H3,(H,38,42)(H,39,40). The third kappa shape index (κ3) is 6.09. The van der Waals surface area contributed by atoms with Crippen LogP contribution >= 0.6 is 0 Å². The summed E-state index contributed by atoms with van der Waals surface area (Å²) in [6.45, 7) is 2.14. The number of ketones is 1. The number of aryl methyl sites for hydroxylation is 1. The van der Waals surface area contributed by atoms with Gasteiger partial charge >= 0.3 is 6.18 Å². The highest BCUT2D eigenvalue weighted by Gasteiger charge is 2.43. The van der Waals surface area contributed by atoms with E-state index in [1.54, 1.807) is 19.1 Å². The third-order valence-electron chi connectivity index (χ3n) is 7.75. The summed E-state index contributed by atoms with van der Waals surface area (Å²) in [7, 11) is 1.43. The van der Waals surface area contributed by atoms with E-state index in [1.165, 1.54) is 25.2 Å². The first kappa shape index (κ1) is 29.8. The fourth-order valence-corrected chi connectivity index (χ4v) is 5.15. The van der Waals surface area contributed by atoms with Crippen molar-refractivity contribution in [3.05, 3.63) is 71.0 Å². The molecule has 0 bridgehead atoms. The Morgan fingerprint density at radius 2 is 1.77 bits per heavy atom. The van der Waals surface area contributed by atoms with Crippen LogP contribution in [0.5, 0.6) is 0 Å². The highest BCUT2D eigenvalue weighted by Crippen LogP contribution is 2.48. The molecular formula is C32H28F4N4O3. The number of aromatic nitrogens is 1. The first-order valence-corrected chi connectivity index (χ1v) is 13.6. The van der Waals surface area contributed by atoms with Crippen molar-refractivity contribution in [2.45, 2.75) is 39.3 Å². The van der Waals surface area contributed by atoms with E-state index in [0.29, 0.717) is 5.56 Å². The Kier molecular flexibility index (Phi) is 7.73. The number of carbonyl (C=O) groups is 2.